The summed E-state index contributed by atoms with van der Waals surface area (Å²) in [5, 5.41) is 6.45. The number of piperidine rings is 1. The van der Waals surface area contributed by atoms with E-state index in [4.69, 9.17) is 4.52 Å². The summed E-state index contributed by atoms with van der Waals surface area (Å²) in [6.07, 6.45) is 2.52. The molecule has 0 unspecified atom stereocenters. The van der Waals surface area contributed by atoms with Crippen molar-refractivity contribution in [1.82, 2.24) is 5.16 Å². The predicted molar refractivity (Wildman–Crippen MR) is 81.8 cm³/mol. The van der Waals surface area contributed by atoms with Crippen LogP contribution in [0.25, 0.3) is 0 Å². The Balaban J connectivity index is 1.76. The van der Waals surface area contributed by atoms with Crippen molar-refractivity contribution in [3.05, 3.63) is 41.8 Å². The van der Waals surface area contributed by atoms with Crippen molar-refractivity contribution in [1.29, 1.82) is 0 Å². The van der Waals surface area contributed by atoms with E-state index in [2.05, 4.69) is 10.5 Å². The van der Waals surface area contributed by atoms with E-state index in [1.807, 2.05) is 12.1 Å². The lowest BCUT2D eigenvalue weighted by atomic mass is 10.1. The number of benzene rings is 1. The van der Waals surface area contributed by atoms with Gasteiger partial charge in [0.15, 0.2) is 0 Å². The SMILES string of the molecule is Cc1cc(C(=O)Nc2cccc(N3CCCCC3=O)c2)on1. The van der Waals surface area contributed by atoms with Gasteiger partial charge in [-0.05, 0) is 38.0 Å². The van der Waals surface area contributed by atoms with Gasteiger partial charge in [0.2, 0.25) is 11.7 Å². The van der Waals surface area contributed by atoms with E-state index in [9.17, 15) is 9.59 Å². The van der Waals surface area contributed by atoms with Crippen molar-refractivity contribution in [2.24, 2.45) is 0 Å². The van der Waals surface area contributed by atoms with Gasteiger partial charge in [0.1, 0.15) is 0 Å². The maximum Gasteiger partial charge on any atom is 0.294 e. The highest BCUT2D eigenvalue weighted by Gasteiger charge is 2.20. The van der Waals surface area contributed by atoms with E-state index in [0.29, 0.717) is 17.8 Å². The lowest BCUT2D eigenvalue weighted by molar-refractivity contribution is -0.119. The van der Waals surface area contributed by atoms with Gasteiger partial charge >= 0.3 is 0 Å². The summed E-state index contributed by atoms with van der Waals surface area (Å²) in [5.41, 5.74) is 2.07. The summed E-state index contributed by atoms with van der Waals surface area (Å²) in [5.74, 6) is -0.0692. The fraction of sp³-hybridized carbons (Fsp3) is 0.312. The number of carbonyl (C=O) groups excluding carboxylic acids is 2. The van der Waals surface area contributed by atoms with Crippen LogP contribution >= 0.6 is 0 Å². The first kappa shape index (κ1) is 14.3. The molecule has 6 heteroatoms. The molecular weight excluding hydrogens is 282 g/mol. The molecule has 1 aliphatic rings. The molecule has 6 nitrogen and oxygen atoms in total. The van der Waals surface area contributed by atoms with Gasteiger partial charge in [-0.1, -0.05) is 11.2 Å². The summed E-state index contributed by atoms with van der Waals surface area (Å²) in [4.78, 5) is 25.8. The first-order valence-electron chi connectivity index (χ1n) is 7.28. The Hall–Kier alpha value is -2.63. The smallest absolute Gasteiger partial charge is 0.294 e. The van der Waals surface area contributed by atoms with Gasteiger partial charge in [0.25, 0.3) is 5.91 Å². The van der Waals surface area contributed by atoms with Crippen molar-refractivity contribution in [2.45, 2.75) is 26.2 Å². The summed E-state index contributed by atoms with van der Waals surface area (Å²) in [6.45, 7) is 2.47. The van der Waals surface area contributed by atoms with Crippen LogP contribution in [0.3, 0.4) is 0 Å². The van der Waals surface area contributed by atoms with Crippen molar-refractivity contribution in [3.63, 3.8) is 0 Å². The van der Waals surface area contributed by atoms with Crippen LogP contribution in [0.1, 0.15) is 35.5 Å². The molecule has 0 atom stereocenters. The largest absolute Gasteiger partial charge is 0.351 e. The Morgan fingerprint density at radius 3 is 2.91 bits per heavy atom. The van der Waals surface area contributed by atoms with Gasteiger partial charge in [-0.2, -0.15) is 0 Å². The van der Waals surface area contributed by atoms with Crippen LogP contribution in [-0.2, 0) is 4.79 Å². The topological polar surface area (TPSA) is 75.4 Å². The molecule has 114 valence electrons. The number of aryl methyl sites for hydroxylation is 1. The van der Waals surface area contributed by atoms with E-state index in [1.165, 1.54) is 0 Å². The average molecular weight is 299 g/mol. The molecule has 2 aromatic rings. The molecular formula is C16H17N3O3. The van der Waals surface area contributed by atoms with Crippen LogP contribution in [0.2, 0.25) is 0 Å². The zero-order valence-electron chi connectivity index (χ0n) is 12.3. The molecule has 0 aliphatic carbocycles. The van der Waals surface area contributed by atoms with Gasteiger partial charge in [-0.3, -0.25) is 9.59 Å². The quantitative estimate of drug-likeness (QED) is 0.945. The molecule has 1 N–H and O–H groups in total. The first-order chi connectivity index (χ1) is 10.6. The maximum atomic E-state index is 12.1. The molecule has 2 heterocycles. The molecule has 0 radical (unpaired) electrons. The number of hydrogen-bond acceptors (Lipinski definition) is 4. The third kappa shape index (κ3) is 3.00. The van der Waals surface area contributed by atoms with Crippen molar-refractivity contribution in [3.8, 4) is 0 Å². The summed E-state index contributed by atoms with van der Waals surface area (Å²) in [7, 11) is 0. The number of carbonyl (C=O) groups is 2. The second-order valence-electron chi connectivity index (χ2n) is 5.34. The molecule has 0 saturated carbocycles. The normalized spacial score (nSPS) is 15.0. The Kier molecular flexibility index (Phi) is 3.91. The van der Waals surface area contributed by atoms with E-state index < -0.39 is 0 Å². The standard InChI is InChI=1S/C16H17N3O3/c1-11-9-14(22-18-11)16(21)17-12-5-4-6-13(10-12)19-8-3-2-7-15(19)20/h4-6,9-10H,2-3,7-8H2,1H3,(H,17,21). The molecule has 0 bridgehead atoms. The molecule has 22 heavy (non-hydrogen) atoms. The molecule has 2 amide bonds. The van der Waals surface area contributed by atoms with Crippen LogP contribution in [0.4, 0.5) is 11.4 Å². The highest BCUT2D eigenvalue weighted by molar-refractivity contribution is 6.03. The van der Waals surface area contributed by atoms with Crippen LogP contribution < -0.4 is 10.2 Å². The van der Waals surface area contributed by atoms with Gasteiger partial charge < -0.3 is 14.7 Å². The first-order valence-corrected chi connectivity index (χ1v) is 7.28. The number of nitrogens with one attached hydrogen (secondary N) is 1. The summed E-state index contributed by atoms with van der Waals surface area (Å²) < 4.78 is 4.94. The minimum absolute atomic E-state index is 0.126. The second-order valence-corrected chi connectivity index (χ2v) is 5.34. The van der Waals surface area contributed by atoms with Crippen molar-refractivity contribution < 1.29 is 14.1 Å². The number of aromatic nitrogens is 1. The molecule has 1 saturated heterocycles. The van der Waals surface area contributed by atoms with Crippen LogP contribution in [0, 0.1) is 6.92 Å². The zero-order chi connectivity index (χ0) is 15.5. The van der Waals surface area contributed by atoms with E-state index >= 15 is 0 Å². The minimum atomic E-state index is -0.359. The number of amides is 2. The van der Waals surface area contributed by atoms with Crippen LogP contribution in [-0.4, -0.2) is 23.5 Å². The zero-order valence-corrected chi connectivity index (χ0v) is 12.3. The van der Waals surface area contributed by atoms with Gasteiger partial charge in [-0.15, -0.1) is 0 Å². The number of nitrogens with zero attached hydrogens (tertiary/aromatic N) is 2. The lowest BCUT2D eigenvalue weighted by Gasteiger charge is -2.27. The Morgan fingerprint density at radius 1 is 1.32 bits per heavy atom. The fourth-order valence-electron chi connectivity index (χ4n) is 2.49. The summed E-state index contributed by atoms with van der Waals surface area (Å²) >= 11 is 0. The molecule has 1 aromatic heterocycles. The van der Waals surface area contributed by atoms with E-state index in [-0.39, 0.29) is 17.6 Å². The minimum Gasteiger partial charge on any atom is -0.351 e. The summed E-state index contributed by atoms with van der Waals surface area (Å²) in [6, 6.07) is 8.84. The van der Waals surface area contributed by atoms with Gasteiger partial charge in [0, 0.05) is 30.4 Å². The van der Waals surface area contributed by atoms with Gasteiger partial charge in [-0.25, -0.2) is 0 Å². The van der Waals surface area contributed by atoms with Gasteiger partial charge in [0.05, 0.1) is 5.69 Å². The number of hydrogen-bond donors (Lipinski definition) is 1. The molecule has 3 rings (SSSR count). The number of rotatable bonds is 3. The molecule has 1 fully saturated rings. The molecule has 1 aromatic carbocycles. The monoisotopic (exact) mass is 299 g/mol. The predicted octanol–water partition coefficient (Wildman–Crippen LogP) is 2.75. The lowest BCUT2D eigenvalue weighted by Crippen LogP contribution is -2.35. The molecule has 0 spiro atoms. The van der Waals surface area contributed by atoms with Crippen molar-refractivity contribution >= 4 is 23.2 Å². The molecule has 1 aliphatic heterocycles. The van der Waals surface area contributed by atoms with Crippen LogP contribution in [0.15, 0.2) is 34.9 Å². The second kappa shape index (κ2) is 6.01. The van der Waals surface area contributed by atoms with E-state index in [1.54, 1.807) is 30.0 Å². The highest BCUT2D eigenvalue weighted by atomic mass is 16.5. The third-order valence-corrected chi connectivity index (χ3v) is 3.59. The maximum absolute atomic E-state index is 12.1. The average Bonchev–Trinajstić information content (AvgIpc) is 2.95. The Labute approximate surface area is 128 Å². The Bertz CT molecular complexity index is 708. The fourth-order valence-corrected chi connectivity index (χ4v) is 2.49. The van der Waals surface area contributed by atoms with E-state index in [0.717, 1.165) is 25.1 Å². The third-order valence-electron chi connectivity index (χ3n) is 3.59. The highest BCUT2D eigenvalue weighted by Crippen LogP contribution is 2.24. The number of anilines is 2. The van der Waals surface area contributed by atoms with Crippen LogP contribution in [0.5, 0.6) is 0 Å². The van der Waals surface area contributed by atoms with Crippen molar-refractivity contribution in [2.75, 3.05) is 16.8 Å². The Morgan fingerprint density at radius 2 is 2.18 bits per heavy atom.